The Hall–Kier alpha value is -2.95. The molecule has 124 valence electrons. The topological polar surface area (TPSA) is 52.5 Å². The van der Waals surface area contributed by atoms with Crippen LogP contribution >= 0.6 is 0 Å². The summed E-state index contributed by atoms with van der Waals surface area (Å²) in [5.41, 5.74) is 2.58. The zero-order valence-electron chi connectivity index (χ0n) is 14.0. The highest BCUT2D eigenvalue weighted by atomic mass is 16.5. The molecule has 0 fully saturated rings. The number of ether oxygens (including phenoxy) is 2. The zero-order valence-corrected chi connectivity index (χ0v) is 14.0. The zero-order chi connectivity index (χ0) is 17.1. The molecule has 1 N–H and O–H groups in total. The Morgan fingerprint density at radius 1 is 1.08 bits per heavy atom. The van der Waals surface area contributed by atoms with Crippen LogP contribution in [0.5, 0.6) is 11.5 Å². The second kappa shape index (κ2) is 6.66. The molecule has 0 atom stereocenters. The summed E-state index contributed by atoms with van der Waals surface area (Å²) in [5, 5.41) is 3.88. The second-order valence-corrected chi connectivity index (χ2v) is 5.51. The number of aryl methyl sites for hydroxylation is 1. The highest BCUT2D eigenvalue weighted by Gasteiger charge is 2.15. The van der Waals surface area contributed by atoms with E-state index < -0.39 is 0 Å². The lowest BCUT2D eigenvalue weighted by atomic mass is 10.2. The van der Waals surface area contributed by atoms with Crippen LogP contribution in [0.2, 0.25) is 0 Å². The van der Waals surface area contributed by atoms with Gasteiger partial charge in [0.15, 0.2) is 0 Å². The number of hydrogen-bond donors (Lipinski definition) is 1. The van der Waals surface area contributed by atoms with Crippen molar-refractivity contribution in [2.24, 2.45) is 7.05 Å². The predicted molar refractivity (Wildman–Crippen MR) is 93.6 cm³/mol. The maximum absolute atomic E-state index is 12.5. The van der Waals surface area contributed by atoms with Gasteiger partial charge in [0.2, 0.25) is 0 Å². The van der Waals surface area contributed by atoms with Crippen LogP contribution in [0.4, 0.5) is 0 Å². The summed E-state index contributed by atoms with van der Waals surface area (Å²) in [6.07, 6.45) is 0. The quantitative estimate of drug-likeness (QED) is 0.784. The predicted octanol–water partition coefficient (Wildman–Crippen LogP) is 3.13. The van der Waals surface area contributed by atoms with Crippen LogP contribution in [0.25, 0.3) is 10.9 Å². The van der Waals surface area contributed by atoms with E-state index in [2.05, 4.69) is 5.32 Å². The fourth-order valence-corrected chi connectivity index (χ4v) is 2.75. The summed E-state index contributed by atoms with van der Waals surface area (Å²) in [6, 6.07) is 15.3. The average molecular weight is 324 g/mol. The van der Waals surface area contributed by atoms with Crippen molar-refractivity contribution in [2.45, 2.75) is 6.54 Å². The normalized spacial score (nSPS) is 10.6. The molecule has 0 bridgehead atoms. The van der Waals surface area contributed by atoms with Crippen molar-refractivity contribution in [1.82, 2.24) is 9.88 Å². The van der Waals surface area contributed by atoms with E-state index in [0.29, 0.717) is 12.2 Å². The molecule has 0 aliphatic carbocycles. The Labute approximate surface area is 140 Å². The van der Waals surface area contributed by atoms with Crippen molar-refractivity contribution in [3.8, 4) is 11.5 Å². The summed E-state index contributed by atoms with van der Waals surface area (Å²) < 4.78 is 12.4. The fraction of sp³-hybridized carbons (Fsp3) is 0.211. The summed E-state index contributed by atoms with van der Waals surface area (Å²) in [5.74, 6) is 1.44. The van der Waals surface area contributed by atoms with E-state index in [0.717, 1.165) is 28.0 Å². The summed E-state index contributed by atoms with van der Waals surface area (Å²) in [6.45, 7) is 0.460. The molecule has 1 amide bonds. The number of nitrogens with one attached hydrogen (secondary N) is 1. The molecular weight excluding hydrogens is 304 g/mol. The minimum Gasteiger partial charge on any atom is -0.497 e. The molecule has 0 radical (unpaired) electrons. The van der Waals surface area contributed by atoms with E-state index in [1.165, 1.54) is 0 Å². The van der Waals surface area contributed by atoms with Crippen LogP contribution in [0, 0.1) is 0 Å². The fourth-order valence-electron chi connectivity index (χ4n) is 2.75. The number of nitrogens with zero attached hydrogens (tertiary/aromatic N) is 1. The van der Waals surface area contributed by atoms with Gasteiger partial charge in [-0.25, -0.2) is 0 Å². The smallest absolute Gasteiger partial charge is 0.268 e. The Morgan fingerprint density at radius 2 is 1.83 bits per heavy atom. The monoisotopic (exact) mass is 324 g/mol. The number of fused-ring (bicyclic) bond motifs is 1. The number of benzene rings is 2. The average Bonchev–Trinajstić information content (AvgIpc) is 2.97. The van der Waals surface area contributed by atoms with Gasteiger partial charge in [-0.15, -0.1) is 0 Å². The van der Waals surface area contributed by atoms with Crippen LogP contribution in [0.3, 0.4) is 0 Å². The van der Waals surface area contributed by atoms with Crippen LogP contribution in [0.15, 0.2) is 48.5 Å². The maximum atomic E-state index is 12.5. The molecule has 3 rings (SSSR count). The van der Waals surface area contributed by atoms with Gasteiger partial charge in [0.1, 0.15) is 17.2 Å². The largest absolute Gasteiger partial charge is 0.497 e. The van der Waals surface area contributed by atoms with E-state index in [1.807, 2.05) is 60.1 Å². The van der Waals surface area contributed by atoms with Gasteiger partial charge < -0.3 is 19.4 Å². The van der Waals surface area contributed by atoms with Crippen molar-refractivity contribution in [2.75, 3.05) is 14.2 Å². The number of carbonyl (C=O) groups excluding carboxylic acids is 1. The van der Waals surface area contributed by atoms with Gasteiger partial charge in [0.05, 0.1) is 19.7 Å². The number of hydrogen-bond acceptors (Lipinski definition) is 3. The maximum Gasteiger partial charge on any atom is 0.268 e. The molecule has 0 aliphatic heterocycles. The molecule has 5 nitrogen and oxygen atoms in total. The van der Waals surface area contributed by atoms with E-state index >= 15 is 0 Å². The SMILES string of the molecule is COc1ccc(CNC(=O)c2cc3c(OC)cccc3n2C)cc1. The molecule has 5 heteroatoms. The van der Waals surface area contributed by atoms with Crippen LogP contribution in [-0.2, 0) is 13.6 Å². The van der Waals surface area contributed by atoms with Crippen LogP contribution < -0.4 is 14.8 Å². The van der Waals surface area contributed by atoms with E-state index in [9.17, 15) is 4.79 Å². The summed E-state index contributed by atoms with van der Waals surface area (Å²) in [4.78, 5) is 12.5. The van der Waals surface area contributed by atoms with Crippen molar-refractivity contribution in [3.05, 3.63) is 59.8 Å². The van der Waals surface area contributed by atoms with Gasteiger partial charge in [-0.1, -0.05) is 18.2 Å². The second-order valence-electron chi connectivity index (χ2n) is 5.51. The third-order valence-electron chi connectivity index (χ3n) is 4.11. The molecule has 1 heterocycles. The molecule has 1 aromatic heterocycles. The van der Waals surface area contributed by atoms with Gasteiger partial charge >= 0.3 is 0 Å². The molecule has 0 aliphatic rings. The standard InChI is InChI=1S/C19H20N2O3/c1-21-16-5-4-6-18(24-3)15(16)11-17(21)19(22)20-12-13-7-9-14(23-2)10-8-13/h4-11H,12H2,1-3H3,(H,20,22). The number of aromatic nitrogens is 1. The molecular formula is C19H20N2O3. The lowest BCUT2D eigenvalue weighted by Crippen LogP contribution is -2.24. The first-order valence-electron chi connectivity index (χ1n) is 7.67. The first kappa shape index (κ1) is 15.9. The molecule has 3 aromatic rings. The Bertz CT molecular complexity index is 866. The first-order valence-corrected chi connectivity index (χ1v) is 7.67. The van der Waals surface area contributed by atoms with Gasteiger partial charge in [0.25, 0.3) is 5.91 Å². The van der Waals surface area contributed by atoms with Crippen molar-refractivity contribution in [3.63, 3.8) is 0 Å². The Morgan fingerprint density at radius 3 is 2.50 bits per heavy atom. The third-order valence-corrected chi connectivity index (χ3v) is 4.11. The Balaban J connectivity index is 1.79. The van der Waals surface area contributed by atoms with Crippen molar-refractivity contribution < 1.29 is 14.3 Å². The summed E-state index contributed by atoms with van der Waals surface area (Å²) in [7, 11) is 5.14. The first-order chi connectivity index (χ1) is 11.6. The van der Waals surface area contributed by atoms with Gasteiger partial charge in [-0.2, -0.15) is 0 Å². The minimum atomic E-state index is -0.119. The lowest BCUT2D eigenvalue weighted by Gasteiger charge is -2.07. The number of methoxy groups -OCH3 is 2. The minimum absolute atomic E-state index is 0.119. The third kappa shape index (κ3) is 2.93. The molecule has 2 aromatic carbocycles. The van der Waals surface area contributed by atoms with Gasteiger partial charge in [0, 0.05) is 19.0 Å². The van der Waals surface area contributed by atoms with E-state index in [-0.39, 0.29) is 5.91 Å². The Kier molecular flexibility index (Phi) is 4.42. The lowest BCUT2D eigenvalue weighted by molar-refractivity contribution is 0.0943. The summed E-state index contributed by atoms with van der Waals surface area (Å²) >= 11 is 0. The molecule has 0 unspecified atom stereocenters. The molecule has 0 saturated carbocycles. The number of carbonyl (C=O) groups is 1. The van der Waals surface area contributed by atoms with Gasteiger partial charge in [-0.3, -0.25) is 4.79 Å². The molecule has 24 heavy (non-hydrogen) atoms. The van der Waals surface area contributed by atoms with Gasteiger partial charge in [-0.05, 0) is 35.9 Å². The molecule has 0 spiro atoms. The highest BCUT2D eigenvalue weighted by Crippen LogP contribution is 2.28. The number of amides is 1. The van der Waals surface area contributed by atoms with Crippen LogP contribution in [-0.4, -0.2) is 24.7 Å². The van der Waals surface area contributed by atoms with Crippen molar-refractivity contribution in [1.29, 1.82) is 0 Å². The van der Waals surface area contributed by atoms with Crippen LogP contribution in [0.1, 0.15) is 16.1 Å². The molecule has 0 saturated heterocycles. The van der Waals surface area contributed by atoms with E-state index in [1.54, 1.807) is 14.2 Å². The highest BCUT2D eigenvalue weighted by molar-refractivity contribution is 6.00. The van der Waals surface area contributed by atoms with Crippen molar-refractivity contribution >= 4 is 16.8 Å². The van der Waals surface area contributed by atoms with E-state index in [4.69, 9.17) is 9.47 Å². The number of rotatable bonds is 5.